The molecule has 136 valence electrons. The number of hydrogen-bond donors (Lipinski definition) is 0. The molecule has 1 saturated carbocycles. The van der Waals surface area contributed by atoms with E-state index in [0.717, 1.165) is 36.9 Å². The van der Waals surface area contributed by atoms with Crippen molar-refractivity contribution in [2.75, 3.05) is 33.3 Å². The van der Waals surface area contributed by atoms with Crippen LogP contribution in [0.15, 0.2) is 12.1 Å². The number of ether oxygens (including phenoxy) is 1. The molecule has 5 heteroatoms. The van der Waals surface area contributed by atoms with Crippen LogP contribution in [0.1, 0.15) is 47.2 Å². The Hall–Kier alpha value is -2.04. The SMILES string of the molecule is COc1cc(C)cc(C)c1C(=O)N1CCCN(C(=O)C2CCC2)CC1. The molecular weight excluding hydrogens is 316 g/mol. The molecule has 0 spiro atoms. The lowest BCUT2D eigenvalue weighted by atomic mass is 9.84. The highest BCUT2D eigenvalue weighted by Crippen LogP contribution is 2.29. The lowest BCUT2D eigenvalue weighted by Gasteiger charge is -2.31. The van der Waals surface area contributed by atoms with Crippen LogP contribution >= 0.6 is 0 Å². The smallest absolute Gasteiger partial charge is 0.257 e. The van der Waals surface area contributed by atoms with Crippen LogP contribution in [0.25, 0.3) is 0 Å². The molecule has 5 nitrogen and oxygen atoms in total. The molecular formula is C20H28N2O3. The summed E-state index contributed by atoms with van der Waals surface area (Å²) in [6.45, 7) is 6.61. The number of carbonyl (C=O) groups is 2. The van der Waals surface area contributed by atoms with E-state index in [-0.39, 0.29) is 17.7 Å². The summed E-state index contributed by atoms with van der Waals surface area (Å²) < 4.78 is 5.45. The van der Waals surface area contributed by atoms with Crippen LogP contribution in [0.2, 0.25) is 0 Å². The maximum absolute atomic E-state index is 13.1. The molecule has 1 aromatic rings. The van der Waals surface area contributed by atoms with E-state index in [1.807, 2.05) is 35.8 Å². The molecule has 1 aliphatic carbocycles. The average Bonchev–Trinajstić information content (AvgIpc) is 2.77. The number of hydrogen-bond acceptors (Lipinski definition) is 3. The van der Waals surface area contributed by atoms with Crippen molar-refractivity contribution in [1.82, 2.24) is 9.80 Å². The predicted octanol–water partition coefficient (Wildman–Crippen LogP) is 2.79. The van der Waals surface area contributed by atoms with E-state index in [9.17, 15) is 9.59 Å². The summed E-state index contributed by atoms with van der Waals surface area (Å²) in [7, 11) is 1.60. The summed E-state index contributed by atoms with van der Waals surface area (Å²) in [6.07, 6.45) is 4.05. The van der Waals surface area contributed by atoms with Crippen molar-refractivity contribution in [3.05, 3.63) is 28.8 Å². The van der Waals surface area contributed by atoms with Crippen LogP contribution in [0.4, 0.5) is 0 Å². The minimum absolute atomic E-state index is 0.00675. The minimum Gasteiger partial charge on any atom is -0.496 e. The fourth-order valence-electron chi connectivity index (χ4n) is 3.78. The van der Waals surface area contributed by atoms with Crippen LogP contribution in [0.3, 0.4) is 0 Å². The molecule has 1 saturated heterocycles. The van der Waals surface area contributed by atoms with Crippen LogP contribution in [0, 0.1) is 19.8 Å². The Balaban J connectivity index is 1.72. The first kappa shape index (κ1) is 17.8. The largest absolute Gasteiger partial charge is 0.496 e. The quantitative estimate of drug-likeness (QED) is 0.847. The van der Waals surface area contributed by atoms with Gasteiger partial charge in [-0.25, -0.2) is 0 Å². The Labute approximate surface area is 149 Å². The molecule has 25 heavy (non-hydrogen) atoms. The molecule has 0 radical (unpaired) electrons. The fourth-order valence-corrected chi connectivity index (χ4v) is 3.78. The summed E-state index contributed by atoms with van der Waals surface area (Å²) >= 11 is 0. The van der Waals surface area contributed by atoms with Crippen molar-refractivity contribution in [2.45, 2.75) is 39.5 Å². The number of nitrogens with zero attached hydrogens (tertiary/aromatic N) is 2. The zero-order valence-corrected chi connectivity index (χ0v) is 15.5. The van der Waals surface area contributed by atoms with Gasteiger partial charge in [0.25, 0.3) is 5.91 Å². The standard InChI is InChI=1S/C20H28N2O3/c1-14-12-15(2)18(17(13-14)25-3)20(24)22-9-5-8-21(10-11-22)19(23)16-6-4-7-16/h12-13,16H,4-11H2,1-3H3. The molecule has 2 aliphatic rings. The molecule has 0 aromatic heterocycles. The molecule has 0 unspecified atom stereocenters. The van der Waals surface area contributed by atoms with E-state index in [4.69, 9.17) is 4.74 Å². The Kier molecular flexibility index (Phi) is 5.30. The molecule has 0 N–H and O–H groups in total. The summed E-state index contributed by atoms with van der Waals surface area (Å²) in [4.78, 5) is 29.4. The van der Waals surface area contributed by atoms with Gasteiger partial charge in [0, 0.05) is 32.1 Å². The normalized spacial score (nSPS) is 18.5. The van der Waals surface area contributed by atoms with Gasteiger partial charge in [0.1, 0.15) is 5.75 Å². The molecule has 1 aliphatic heterocycles. The third-order valence-corrected chi connectivity index (χ3v) is 5.43. The topological polar surface area (TPSA) is 49.9 Å². The number of aryl methyl sites for hydroxylation is 2. The van der Waals surface area contributed by atoms with Gasteiger partial charge < -0.3 is 14.5 Å². The van der Waals surface area contributed by atoms with Crippen LogP contribution in [-0.4, -0.2) is 54.9 Å². The summed E-state index contributed by atoms with van der Waals surface area (Å²) in [5, 5.41) is 0. The molecule has 0 bridgehead atoms. The summed E-state index contributed by atoms with van der Waals surface area (Å²) in [6, 6.07) is 3.92. The second-order valence-corrected chi connectivity index (χ2v) is 7.26. The van der Waals surface area contributed by atoms with E-state index in [1.165, 1.54) is 6.42 Å². The van der Waals surface area contributed by atoms with Gasteiger partial charge in [0.2, 0.25) is 5.91 Å². The first-order chi connectivity index (χ1) is 12.0. The third-order valence-electron chi connectivity index (χ3n) is 5.43. The second-order valence-electron chi connectivity index (χ2n) is 7.26. The number of methoxy groups -OCH3 is 1. The number of benzene rings is 1. The summed E-state index contributed by atoms with van der Waals surface area (Å²) in [5.74, 6) is 1.15. The molecule has 2 fully saturated rings. The van der Waals surface area contributed by atoms with E-state index in [2.05, 4.69) is 0 Å². The first-order valence-electron chi connectivity index (χ1n) is 9.24. The van der Waals surface area contributed by atoms with E-state index in [0.29, 0.717) is 30.9 Å². The molecule has 3 rings (SSSR count). The monoisotopic (exact) mass is 344 g/mol. The Morgan fingerprint density at radius 3 is 2.32 bits per heavy atom. The van der Waals surface area contributed by atoms with Crippen molar-refractivity contribution in [3.8, 4) is 5.75 Å². The van der Waals surface area contributed by atoms with E-state index < -0.39 is 0 Å². The highest BCUT2D eigenvalue weighted by atomic mass is 16.5. The number of rotatable bonds is 3. The Morgan fingerprint density at radius 1 is 1.00 bits per heavy atom. The maximum atomic E-state index is 13.1. The maximum Gasteiger partial charge on any atom is 0.257 e. The van der Waals surface area contributed by atoms with Crippen molar-refractivity contribution < 1.29 is 14.3 Å². The van der Waals surface area contributed by atoms with E-state index >= 15 is 0 Å². The van der Waals surface area contributed by atoms with Gasteiger partial charge in [0.15, 0.2) is 0 Å². The highest BCUT2D eigenvalue weighted by Gasteiger charge is 2.31. The highest BCUT2D eigenvalue weighted by molar-refractivity contribution is 5.98. The van der Waals surface area contributed by atoms with Gasteiger partial charge >= 0.3 is 0 Å². The average molecular weight is 344 g/mol. The van der Waals surface area contributed by atoms with E-state index in [1.54, 1.807) is 7.11 Å². The molecule has 1 heterocycles. The zero-order chi connectivity index (χ0) is 18.0. The van der Waals surface area contributed by atoms with Crippen molar-refractivity contribution in [2.24, 2.45) is 5.92 Å². The van der Waals surface area contributed by atoms with Gasteiger partial charge in [-0.1, -0.05) is 12.5 Å². The van der Waals surface area contributed by atoms with Gasteiger partial charge in [-0.2, -0.15) is 0 Å². The Morgan fingerprint density at radius 2 is 1.68 bits per heavy atom. The van der Waals surface area contributed by atoms with Crippen LogP contribution < -0.4 is 4.74 Å². The lowest BCUT2D eigenvalue weighted by Crippen LogP contribution is -2.41. The lowest BCUT2D eigenvalue weighted by molar-refractivity contribution is -0.138. The van der Waals surface area contributed by atoms with Gasteiger partial charge in [-0.15, -0.1) is 0 Å². The first-order valence-corrected chi connectivity index (χ1v) is 9.24. The fraction of sp³-hybridized carbons (Fsp3) is 0.600. The third kappa shape index (κ3) is 3.65. The van der Waals surface area contributed by atoms with Gasteiger partial charge in [0.05, 0.1) is 12.7 Å². The van der Waals surface area contributed by atoms with Crippen LogP contribution in [0.5, 0.6) is 5.75 Å². The number of amides is 2. The second kappa shape index (κ2) is 7.46. The molecule has 1 aromatic carbocycles. The van der Waals surface area contributed by atoms with Gasteiger partial charge in [-0.05, 0) is 50.3 Å². The van der Waals surface area contributed by atoms with Crippen LogP contribution in [-0.2, 0) is 4.79 Å². The van der Waals surface area contributed by atoms with Crippen molar-refractivity contribution >= 4 is 11.8 Å². The summed E-state index contributed by atoms with van der Waals surface area (Å²) in [5.41, 5.74) is 2.67. The zero-order valence-electron chi connectivity index (χ0n) is 15.5. The van der Waals surface area contributed by atoms with Gasteiger partial charge in [-0.3, -0.25) is 9.59 Å². The van der Waals surface area contributed by atoms with Crippen molar-refractivity contribution in [3.63, 3.8) is 0 Å². The molecule has 0 atom stereocenters. The Bertz CT molecular complexity index is 667. The van der Waals surface area contributed by atoms with Crippen molar-refractivity contribution in [1.29, 1.82) is 0 Å². The molecule has 2 amide bonds. The predicted molar refractivity (Wildman–Crippen MR) is 96.9 cm³/mol. The number of carbonyl (C=O) groups excluding carboxylic acids is 2. The minimum atomic E-state index is 0.00675.